The summed E-state index contributed by atoms with van der Waals surface area (Å²) < 4.78 is 28.8. The van der Waals surface area contributed by atoms with Gasteiger partial charge < -0.3 is 10.1 Å². The van der Waals surface area contributed by atoms with Crippen LogP contribution in [0, 0.1) is 0 Å². The van der Waals surface area contributed by atoms with Gasteiger partial charge in [0.15, 0.2) is 0 Å². The molecule has 0 saturated heterocycles. The minimum atomic E-state index is -2.88. The van der Waals surface area contributed by atoms with Crippen LogP contribution in [0.5, 0.6) is 5.75 Å². The number of ether oxygens (including phenoxy) is 1. The van der Waals surface area contributed by atoms with Crippen molar-refractivity contribution in [2.75, 3.05) is 0 Å². The van der Waals surface area contributed by atoms with Gasteiger partial charge in [-0.25, -0.2) is 0 Å². The molecule has 1 heterocycles. The van der Waals surface area contributed by atoms with Gasteiger partial charge in [-0.1, -0.05) is 24.3 Å². The molecule has 2 rings (SSSR count). The molecule has 0 atom stereocenters. The molecule has 2 aromatic rings. The van der Waals surface area contributed by atoms with Gasteiger partial charge in [-0.05, 0) is 17.5 Å². The molecule has 0 aliphatic rings. The number of hydrogen-bond donors (Lipinski definition) is 1. The van der Waals surface area contributed by atoms with Gasteiger partial charge in [0.25, 0.3) is 5.91 Å². The molecule has 3 nitrogen and oxygen atoms in total. The number of hydrogen-bond acceptors (Lipinski definition) is 3. The minimum Gasteiger partial charge on any atom is -0.434 e. The topological polar surface area (TPSA) is 38.3 Å². The van der Waals surface area contributed by atoms with Crippen LogP contribution in [-0.2, 0) is 6.54 Å². The van der Waals surface area contributed by atoms with E-state index in [0.29, 0.717) is 10.4 Å². The van der Waals surface area contributed by atoms with E-state index in [2.05, 4.69) is 10.1 Å². The Morgan fingerprint density at radius 1 is 1.26 bits per heavy atom. The molecule has 0 unspecified atom stereocenters. The number of carbonyl (C=O) groups excluding carboxylic acids is 1. The van der Waals surface area contributed by atoms with E-state index in [9.17, 15) is 13.6 Å². The molecule has 19 heavy (non-hydrogen) atoms. The SMILES string of the molecule is O=C(NCc1ccccc1OC(F)F)c1cccs1. The van der Waals surface area contributed by atoms with Crippen molar-refractivity contribution in [1.29, 1.82) is 0 Å². The van der Waals surface area contributed by atoms with Gasteiger partial charge in [-0.2, -0.15) is 8.78 Å². The van der Waals surface area contributed by atoms with Crippen LogP contribution in [0.15, 0.2) is 41.8 Å². The molecule has 0 fully saturated rings. The number of rotatable bonds is 5. The molecular weight excluding hydrogens is 272 g/mol. The lowest BCUT2D eigenvalue weighted by Crippen LogP contribution is -2.22. The third-order valence-corrected chi connectivity index (χ3v) is 3.24. The fourth-order valence-electron chi connectivity index (χ4n) is 1.53. The number of alkyl halides is 2. The zero-order chi connectivity index (χ0) is 13.7. The van der Waals surface area contributed by atoms with E-state index in [0.717, 1.165) is 0 Å². The van der Waals surface area contributed by atoms with Crippen molar-refractivity contribution in [2.24, 2.45) is 0 Å². The molecule has 0 spiro atoms. The standard InChI is InChI=1S/C13H11F2NO2S/c14-13(15)18-10-5-2-1-4-9(10)8-16-12(17)11-6-3-7-19-11/h1-7,13H,8H2,(H,16,17). The van der Waals surface area contributed by atoms with Crippen molar-refractivity contribution in [3.8, 4) is 5.75 Å². The molecule has 0 aliphatic carbocycles. The molecule has 100 valence electrons. The zero-order valence-electron chi connectivity index (χ0n) is 9.81. The predicted octanol–water partition coefficient (Wildman–Crippen LogP) is 3.28. The summed E-state index contributed by atoms with van der Waals surface area (Å²) >= 11 is 1.32. The van der Waals surface area contributed by atoms with Crippen LogP contribution in [-0.4, -0.2) is 12.5 Å². The van der Waals surface area contributed by atoms with Gasteiger partial charge in [0.2, 0.25) is 0 Å². The molecular formula is C13H11F2NO2S. The van der Waals surface area contributed by atoms with Gasteiger partial charge in [0, 0.05) is 12.1 Å². The van der Waals surface area contributed by atoms with Crippen LogP contribution < -0.4 is 10.1 Å². The highest BCUT2D eigenvalue weighted by atomic mass is 32.1. The molecule has 1 aromatic heterocycles. The van der Waals surface area contributed by atoms with E-state index in [-0.39, 0.29) is 18.2 Å². The van der Waals surface area contributed by atoms with Gasteiger partial charge in [0.05, 0.1) is 4.88 Å². The number of para-hydroxylation sites is 1. The Balaban J connectivity index is 2.01. The monoisotopic (exact) mass is 283 g/mol. The van der Waals surface area contributed by atoms with E-state index in [4.69, 9.17) is 0 Å². The molecule has 0 radical (unpaired) electrons. The van der Waals surface area contributed by atoms with E-state index in [1.54, 1.807) is 35.7 Å². The number of halogens is 2. The van der Waals surface area contributed by atoms with Crippen molar-refractivity contribution in [1.82, 2.24) is 5.32 Å². The lowest BCUT2D eigenvalue weighted by molar-refractivity contribution is -0.0504. The fourth-order valence-corrected chi connectivity index (χ4v) is 2.17. The second-order valence-electron chi connectivity index (χ2n) is 3.65. The van der Waals surface area contributed by atoms with Gasteiger partial charge >= 0.3 is 6.61 Å². The van der Waals surface area contributed by atoms with Gasteiger partial charge in [-0.3, -0.25) is 4.79 Å². The van der Waals surface area contributed by atoms with E-state index < -0.39 is 6.61 Å². The highest BCUT2D eigenvalue weighted by Gasteiger charge is 2.11. The summed E-state index contributed by atoms with van der Waals surface area (Å²) in [5.74, 6) is -0.161. The average molecular weight is 283 g/mol. The van der Waals surface area contributed by atoms with E-state index in [1.807, 2.05) is 0 Å². The van der Waals surface area contributed by atoms with Gasteiger partial charge in [0.1, 0.15) is 5.75 Å². The quantitative estimate of drug-likeness (QED) is 0.914. The molecule has 0 saturated carbocycles. The highest BCUT2D eigenvalue weighted by molar-refractivity contribution is 7.12. The molecule has 6 heteroatoms. The summed E-state index contributed by atoms with van der Waals surface area (Å²) in [5, 5.41) is 4.46. The Hall–Kier alpha value is -1.95. The smallest absolute Gasteiger partial charge is 0.387 e. The number of nitrogens with one attached hydrogen (secondary N) is 1. The predicted molar refractivity (Wildman–Crippen MR) is 68.6 cm³/mol. The Morgan fingerprint density at radius 2 is 2.05 bits per heavy atom. The normalized spacial score (nSPS) is 10.5. The van der Waals surface area contributed by atoms with Crippen molar-refractivity contribution >= 4 is 17.2 Å². The maximum atomic E-state index is 12.2. The lowest BCUT2D eigenvalue weighted by Gasteiger charge is -2.10. The number of benzene rings is 1. The Morgan fingerprint density at radius 3 is 2.74 bits per heavy atom. The Kier molecular flexibility index (Phi) is 4.46. The largest absolute Gasteiger partial charge is 0.434 e. The van der Waals surface area contributed by atoms with Gasteiger partial charge in [-0.15, -0.1) is 11.3 Å². The van der Waals surface area contributed by atoms with Crippen LogP contribution in [0.1, 0.15) is 15.2 Å². The van der Waals surface area contributed by atoms with Crippen molar-refractivity contribution in [3.05, 3.63) is 52.2 Å². The third-order valence-electron chi connectivity index (χ3n) is 2.37. The summed E-state index contributed by atoms with van der Waals surface area (Å²) in [6.07, 6.45) is 0. The molecule has 1 N–H and O–H groups in total. The fraction of sp³-hybridized carbons (Fsp3) is 0.154. The highest BCUT2D eigenvalue weighted by Crippen LogP contribution is 2.20. The van der Waals surface area contributed by atoms with Crippen LogP contribution in [0.3, 0.4) is 0 Å². The molecule has 1 aromatic carbocycles. The first-order valence-corrected chi connectivity index (χ1v) is 6.39. The Bertz CT molecular complexity index is 543. The maximum Gasteiger partial charge on any atom is 0.387 e. The third kappa shape index (κ3) is 3.75. The second-order valence-corrected chi connectivity index (χ2v) is 4.59. The van der Waals surface area contributed by atoms with E-state index >= 15 is 0 Å². The lowest BCUT2D eigenvalue weighted by atomic mass is 10.2. The summed E-state index contributed by atoms with van der Waals surface area (Å²) in [6.45, 7) is -2.74. The molecule has 1 amide bonds. The zero-order valence-corrected chi connectivity index (χ0v) is 10.6. The van der Waals surface area contributed by atoms with Crippen LogP contribution >= 0.6 is 11.3 Å². The Labute approximate surface area is 112 Å². The summed E-state index contributed by atoms with van der Waals surface area (Å²) in [5.41, 5.74) is 0.507. The van der Waals surface area contributed by atoms with Crippen molar-refractivity contribution in [3.63, 3.8) is 0 Å². The number of amides is 1. The summed E-state index contributed by atoms with van der Waals surface area (Å²) in [7, 11) is 0. The first-order chi connectivity index (χ1) is 9.16. The van der Waals surface area contributed by atoms with Crippen LogP contribution in [0.4, 0.5) is 8.78 Å². The first kappa shape index (κ1) is 13.5. The maximum absolute atomic E-state index is 12.2. The van der Waals surface area contributed by atoms with Crippen molar-refractivity contribution < 1.29 is 18.3 Å². The second kappa shape index (κ2) is 6.29. The average Bonchev–Trinajstić information content (AvgIpc) is 2.90. The summed E-state index contributed by atoms with van der Waals surface area (Å²) in [6, 6.07) is 9.84. The first-order valence-electron chi connectivity index (χ1n) is 5.51. The van der Waals surface area contributed by atoms with E-state index in [1.165, 1.54) is 17.4 Å². The number of thiophene rings is 1. The molecule has 0 aliphatic heterocycles. The summed E-state index contributed by atoms with van der Waals surface area (Å²) in [4.78, 5) is 12.3. The van der Waals surface area contributed by atoms with Crippen LogP contribution in [0.2, 0.25) is 0 Å². The molecule has 0 bridgehead atoms. The van der Waals surface area contributed by atoms with Crippen molar-refractivity contribution in [2.45, 2.75) is 13.2 Å². The minimum absolute atomic E-state index is 0.0731. The number of carbonyl (C=O) groups is 1. The van der Waals surface area contributed by atoms with Crippen LogP contribution in [0.25, 0.3) is 0 Å².